The van der Waals surface area contributed by atoms with Gasteiger partial charge in [0.2, 0.25) is 0 Å². The molecule has 5 heteroatoms. The lowest BCUT2D eigenvalue weighted by atomic mass is 9.86. The third kappa shape index (κ3) is 6.80. The Morgan fingerprint density at radius 3 is 1.95 bits per heavy atom. The molecule has 1 amide bonds. The molecule has 1 aromatic heterocycles. The van der Waals surface area contributed by atoms with Gasteiger partial charge >= 0.3 is 0 Å². The number of carbonyl (C=O) groups excluding carboxylic acids is 2. The molecule has 0 radical (unpaired) electrons. The van der Waals surface area contributed by atoms with Crippen LogP contribution in [0.25, 0.3) is 22.5 Å². The zero-order valence-electron chi connectivity index (χ0n) is 22.6. The summed E-state index contributed by atoms with van der Waals surface area (Å²) in [6, 6.07) is 23.2. The number of nitrogens with zero attached hydrogens (tertiary/aromatic N) is 2. The van der Waals surface area contributed by atoms with Crippen LogP contribution in [0.3, 0.4) is 0 Å². The Morgan fingerprint density at radius 1 is 0.816 bits per heavy atom. The van der Waals surface area contributed by atoms with Gasteiger partial charge in [-0.25, -0.2) is 9.97 Å². The Bertz CT molecular complexity index is 1350. The van der Waals surface area contributed by atoms with E-state index in [1.165, 1.54) is 5.56 Å². The maximum absolute atomic E-state index is 12.7. The number of rotatable bonds is 9. The van der Waals surface area contributed by atoms with Crippen LogP contribution in [0.5, 0.6) is 0 Å². The molecular formula is C33H35N3O2. The van der Waals surface area contributed by atoms with E-state index in [1.807, 2.05) is 48.8 Å². The molecule has 0 aliphatic rings. The largest absolute Gasteiger partial charge is 0.342 e. The van der Waals surface area contributed by atoms with Gasteiger partial charge in [-0.2, -0.15) is 0 Å². The van der Waals surface area contributed by atoms with E-state index in [-0.39, 0.29) is 11.3 Å². The minimum Gasteiger partial charge on any atom is -0.342 e. The molecule has 0 saturated heterocycles. The summed E-state index contributed by atoms with van der Waals surface area (Å²) in [6.07, 6.45) is 7.09. The molecule has 0 spiro atoms. The highest BCUT2D eigenvalue weighted by Crippen LogP contribution is 2.23. The van der Waals surface area contributed by atoms with Crippen LogP contribution in [-0.2, 0) is 23.1 Å². The molecule has 4 rings (SSSR count). The summed E-state index contributed by atoms with van der Waals surface area (Å²) >= 11 is 0. The van der Waals surface area contributed by atoms with Crippen molar-refractivity contribution in [3.63, 3.8) is 0 Å². The zero-order chi connectivity index (χ0) is 27.1. The smallest absolute Gasteiger partial charge is 0.251 e. The minimum atomic E-state index is -0.616. The Hall–Kier alpha value is -4.12. The maximum Gasteiger partial charge on any atom is 0.251 e. The first-order valence-electron chi connectivity index (χ1n) is 13.1. The summed E-state index contributed by atoms with van der Waals surface area (Å²) in [4.78, 5) is 33.5. The standard InChI is InChI=1S/C33H35N3O2/c1-5-6-23-7-11-25(12-8-23)28-20-34-31(35-21-28)26-13-9-24(10-14-26)19-30(22-37)36-32(38)27-15-17-29(18-16-27)33(2,3)4/h7-18,20-22,30H,5-6,19H2,1-4H3,(H,36,38). The van der Waals surface area contributed by atoms with Crippen LogP contribution in [0.15, 0.2) is 85.2 Å². The van der Waals surface area contributed by atoms with Crippen molar-refractivity contribution in [1.29, 1.82) is 0 Å². The molecule has 1 N–H and O–H groups in total. The minimum absolute atomic E-state index is 0.0138. The normalized spacial score (nSPS) is 12.1. The number of carbonyl (C=O) groups is 2. The lowest BCUT2D eigenvalue weighted by Gasteiger charge is -2.19. The fourth-order valence-electron chi connectivity index (χ4n) is 4.33. The second kappa shape index (κ2) is 12.0. The van der Waals surface area contributed by atoms with Gasteiger partial charge in [0, 0.05) is 29.1 Å². The maximum atomic E-state index is 12.7. The third-order valence-corrected chi connectivity index (χ3v) is 6.64. The van der Waals surface area contributed by atoms with Crippen LogP contribution >= 0.6 is 0 Å². The van der Waals surface area contributed by atoms with Gasteiger partial charge in [-0.15, -0.1) is 0 Å². The summed E-state index contributed by atoms with van der Waals surface area (Å²) in [6.45, 7) is 8.57. The Kier molecular flexibility index (Phi) is 8.47. The molecule has 1 atom stereocenters. The Morgan fingerprint density at radius 2 is 1.39 bits per heavy atom. The van der Waals surface area contributed by atoms with Gasteiger partial charge in [-0.3, -0.25) is 4.79 Å². The highest BCUT2D eigenvalue weighted by atomic mass is 16.2. The number of hydrogen-bond donors (Lipinski definition) is 1. The van der Waals surface area contributed by atoms with Gasteiger partial charge in [0.05, 0.1) is 6.04 Å². The van der Waals surface area contributed by atoms with Crippen molar-refractivity contribution >= 4 is 12.2 Å². The average Bonchev–Trinajstić information content (AvgIpc) is 2.93. The van der Waals surface area contributed by atoms with Crippen molar-refractivity contribution in [2.45, 2.75) is 58.4 Å². The van der Waals surface area contributed by atoms with Gasteiger partial charge in [-0.05, 0) is 52.6 Å². The van der Waals surface area contributed by atoms with Crippen molar-refractivity contribution in [3.8, 4) is 22.5 Å². The zero-order valence-corrected chi connectivity index (χ0v) is 22.6. The predicted molar refractivity (Wildman–Crippen MR) is 153 cm³/mol. The van der Waals surface area contributed by atoms with Crippen LogP contribution in [0, 0.1) is 0 Å². The molecule has 0 saturated carbocycles. The van der Waals surface area contributed by atoms with Crippen molar-refractivity contribution in [3.05, 3.63) is 107 Å². The van der Waals surface area contributed by atoms with E-state index in [1.54, 1.807) is 12.1 Å². The molecule has 0 aliphatic heterocycles. The van der Waals surface area contributed by atoms with Crippen LogP contribution in [-0.4, -0.2) is 28.2 Å². The van der Waals surface area contributed by atoms with Gasteiger partial charge in [0.25, 0.3) is 5.91 Å². The van der Waals surface area contributed by atoms with Crippen molar-refractivity contribution in [2.75, 3.05) is 0 Å². The number of amides is 1. The molecular weight excluding hydrogens is 470 g/mol. The molecule has 38 heavy (non-hydrogen) atoms. The Labute approximate surface area is 225 Å². The quantitative estimate of drug-likeness (QED) is 0.260. The summed E-state index contributed by atoms with van der Waals surface area (Å²) < 4.78 is 0. The first kappa shape index (κ1) is 26.9. The third-order valence-electron chi connectivity index (χ3n) is 6.64. The van der Waals surface area contributed by atoms with Crippen LogP contribution < -0.4 is 5.32 Å². The van der Waals surface area contributed by atoms with Crippen molar-refractivity contribution in [2.24, 2.45) is 0 Å². The summed E-state index contributed by atoms with van der Waals surface area (Å²) in [7, 11) is 0. The van der Waals surface area contributed by atoms with E-state index in [9.17, 15) is 9.59 Å². The van der Waals surface area contributed by atoms with Crippen LogP contribution in [0.2, 0.25) is 0 Å². The van der Waals surface area contributed by atoms with Crippen molar-refractivity contribution in [1.82, 2.24) is 15.3 Å². The average molecular weight is 506 g/mol. The summed E-state index contributed by atoms with van der Waals surface area (Å²) in [5, 5.41) is 2.84. The SMILES string of the molecule is CCCc1ccc(-c2cnc(-c3ccc(CC(C=O)NC(=O)c4ccc(C(C)(C)C)cc4)cc3)nc2)cc1. The number of aldehydes is 1. The van der Waals surface area contributed by atoms with E-state index in [2.05, 4.69) is 67.2 Å². The second-order valence-corrected chi connectivity index (χ2v) is 10.7. The first-order chi connectivity index (χ1) is 18.3. The first-order valence-corrected chi connectivity index (χ1v) is 13.1. The van der Waals surface area contributed by atoms with Gasteiger partial charge in [0.1, 0.15) is 6.29 Å². The van der Waals surface area contributed by atoms with Crippen LogP contribution in [0.4, 0.5) is 0 Å². The molecule has 0 fully saturated rings. The number of nitrogens with one attached hydrogen (secondary N) is 1. The fourth-order valence-corrected chi connectivity index (χ4v) is 4.33. The molecule has 1 unspecified atom stereocenters. The highest BCUT2D eigenvalue weighted by molar-refractivity contribution is 5.95. The van der Waals surface area contributed by atoms with Gasteiger partial charge in [-0.1, -0.05) is 94.8 Å². The monoisotopic (exact) mass is 505 g/mol. The molecule has 1 heterocycles. The van der Waals surface area contributed by atoms with E-state index in [4.69, 9.17) is 0 Å². The molecule has 5 nitrogen and oxygen atoms in total. The molecule has 4 aromatic rings. The Balaban J connectivity index is 1.37. The van der Waals surface area contributed by atoms with E-state index in [0.29, 0.717) is 17.8 Å². The topological polar surface area (TPSA) is 72.0 Å². The second-order valence-electron chi connectivity index (χ2n) is 10.7. The lowest BCUT2D eigenvalue weighted by Crippen LogP contribution is -2.37. The van der Waals surface area contributed by atoms with Gasteiger partial charge in [0.15, 0.2) is 5.82 Å². The summed E-state index contributed by atoms with van der Waals surface area (Å²) in [5.41, 5.74) is 6.95. The number of hydrogen-bond acceptors (Lipinski definition) is 4. The number of aryl methyl sites for hydroxylation is 1. The van der Waals surface area contributed by atoms with E-state index >= 15 is 0 Å². The van der Waals surface area contributed by atoms with E-state index < -0.39 is 6.04 Å². The molecule has 3 aromatic carbocycles. The molecule has 194 valence electrons. The fraction of sp³-hybridized carbons (Fsp3) is 0.273. The molecule has 0 aliphatic carbocycles. The highest BCUT2D eigenvalue weighted by Gasteiger charge is 2.17. The van der Waals surface area contributed by atoms with Gasteiger partial charge < -0.3 is 10.1 Å². The molecule has 0 bridgehead atoms. The number of benzene rings is 3. The van der Waals surface area contributed by atoms with Crippen molar-refractivity contribution < 1.29 is 9.59 Å². The lowest BCUT2D eigenvalue weighted by molar-refractivity contribution is -0.109. The predicted octanol–water partition coefficient (Wildman–Crippen LogP) is 6.60. The number of aromatic nitrogens is 2. The van der Waals surface area contributed by atoms with E-state index in [0.717, 1.165) is 46.9 Å². The van der Waals surface area contributed by atoms with Crippen LogP contribution in [0.1, 0.15) is 61.2 Å². The summed E-state index contributed by atoms with van der Waals surface area (Å²) in [5.74, 6) is 0.384.